The summed E-state index contributed by atoms with van der Waals surface area (Å²) in [6.45, 7) is 1.59. The zero-order valence-electron chi connectivity index (χ0n) is 7.24. The van der Waals surface area contributed by atoms with Crippen LogP contribution in [0.15, 0.2) is 12.3 Å². The fourth-order valence-electron chi connectivity index (χ4n) is 0.992. The lowest BCUT2D eigenvalue weighted by Crippen LogP contribution is -2.24. The number of nitrogen functional groups attached to an aromatic ring is 1. The summed E-state index contributed by atoms with van der Waals surface area (Å²) < 4.78 is 0. The van der Waals surface area contributed by atoms with Gasteiger partial charge in [0, 0.05) is 11.8 Å². The van der Waals surface area contributed by atoms with Gasteiger partial charge in [-0.2, -0.15) is 0 Å². The van der Waals surface area contributed by atoms with Crippen LogP contribution in [0.4, 0.5) is 5.82 Å². The molecule has 0 fully saturated rings. The number of aliphatic hydroxyl groups excluding tert-OH is 1. The van der Waals surface area contributed by atoms with E-state index in [1.807, 2.05) is 0 Å². The van der Waals surface area contributed by atoms with Crippen molar-refractivity contribution in [1.29, 1.82) is 0 Å². The number of hydrogen-bond acceptors (Lipinski definition) is 4. The Kier molecular flexibility index (Phi) is 3.08. The number of pyridine rings is 1. The van der Waals surface area contributed by atoms with E-state index in [0.29, 0.717) is 16.4 Å². The lowest BCUT2D eigenvalue weighted by Gasteiger charge is -2.16. The maximum Gasteiger partial charge on any atom is 0.128 e. The molecule has 0 saturated carbocycles. The molecule has 13 heavy (non-hydrogen) atoms. The van der Waals surface area contributed by atoms with Crippen LogP contribution in [0.25, 0.3) is 0 Å². The molecule has 1 heterocycles. The number of halogens is 1. The predicted molar refractivity (Wildman–Crippen MR) is 52.3 cm³/mol. The molecule has 1 aromatic heterocycles. The largest absolute Gasteiger partial charge is 0.391 e. The fraction of sp³-hybridized carbons (Fsp3) is 0.375. The van der Waals surface area contributed by atoms with Crippen molar-refractivity contribution in [2.45, 2.75) is 19.1 Å². The van der Waals surface area contributed by atoms with E-state index in [4.69, 9.17) is 23.1 Å². The van der Waals surface area contributed by atoms with Gasteiger partial charge in [0.15, 0.2) is 0 Å². The van der Waals surface area contributed by atoms with Crippen molar-refractivity contribution >= 4 is 17.4 Å². The molecular weight excluding hydrogens is 190 g/mol. The van der Waals surface area contributed by atoms with Crippen molar-refractivity contribution in [3.63, 3.8) is 0 Å². The summed E-state index contributed by atoms with van der Waals surface area (Å²) >= 11 is 5.71. The minimum absolute atomic E-state index is 0.304. The number of hydrogen-bond donors (Lipinski definition) is 3. The summed E-state index contributed by atoms with van der Waals surface area (Å²) in [5.41, 5.74) is 11.8. The molecule has 1 aromatic rings. The summed E-state index contributed by atoms with van der Waals surface area (Å²) in [5.74, 6) is 0.304. The van der Waals surface area contributed by atoms with Crippen molar-refractivity contribution < 1.29 is 5.11 Å². The summed E-state index contributed by atoms with van der Waals surface area (Å²) in [5, 5.41) is 9.70. The minimum atomic E-state index is -0.678. The van der Waals surface area contributed by atoms with Crippen LogP contribution in [0.5, 0.6) is 0 Å². The molecule has 5 N–H and O–H groups in total. The Morgan fingerprint density at radius 1 is 1.62 bits per heavy atom. The van der Waals surface area contributed by atoms with Crippen molar-refractivity contribution in [1.82, 2.24) is 4.98 Å². The summed E-state index contributed by atoms with van der Waals surface area (Å²) in [6.07, 6.45) is 0.761. The van der Waals surface area contributed by atoms with Gasteiger partial charge in [0.05, 0.1) is 17.2 Å². The van der Waals surface area contributed by atoms with Crippen LogP contribution in [-0.4, -0.2) is 16.2 Å². The Labute approximate surface area is 81.5 Å². The van der Waals surface area contributed by atoms with E-state index in [2.05, 4.69) is 4.98 Å². The zero-order chi connectivity index (χ0) is 10.0. The predicted octanol–water partition coefficient (Wildman–Crippen LogP) is 0.698. The SMILES string of the molecule is C[C@@H](O)[C@H](N)c1cc(Cl)cnc1N. The van der Waals surface area contributed by atoms with Gasteiger partial charge in [0.25, 0.3) is 0 Å². The van der Waals surface area contributed by atoms with Crippen LogP contribution in [0.2, 0.25) is 5.02 Å². The summed E-state index contributed by atoms with van der Waals surface area (Å²) in [7, 11) is 0. The zero-order valence-corrected chi connectivity index (χ0v) is 7.99. The van der Waals surface area contributed by atoms with Crippen LogP contribution in [0, 0.1) is 0 Å². The van der Waals surface area contributed by atoms with Crippen molar-refractivity contribution in [3.05, 3.63) is 22.8 Å². The maximum atomic E-state index is 9.24. The molecule has 0 unspecified atom stereocenters. The number of aromatic nitrogens is 1. The normalized spacial score (nSPS) is 15.4. The average Bonchev–Trinajstić information content (AvgIpc) is 2.08. The molecule has 0 aliphatic carbocycles. The van der Waals surface area contributed by atoms with Crippen LogP contribution in [-0.2, 0) is 0 Å². The first-order chi connectivity index (χ1) is 6.02. The van der Waals surface area contributed by atoms with E-state index >= 15 is 0 Å². The van der Waals surface area contributed by atoms with Crippen molar-refractivity contribution in [2.75, 3.05) is 5.73 Å². The second-order valence-corrected chi connectivity index (χ2v) is 3.33. The highest BCUT2D eigenvalue weighted by molar-refractivity contribution is 6.30. The summed E-state index contributed by atoms with van der Waals surface area (Å²) in [6, 6.07) is 1.06. The van der Waals surface area contributed by atoms with Crippen LogP contribution < -0.4 is 11.5 Å². The molecule has 0 spiro atoms. The third-order valence-corrected chi connectivity index (χ3v) is 2.00. The Morgan fingerprint density at radius 2 is 2.23 bits per heavy atom. The summed E-state index contributed by atoms with van der Waals surface area (Å²) in [4.78, 5) is 3.84. The quantitative estimate of drug-likeness (QED) is 0.658. The van der Waals surface area contributed by atoms with E-state index in [1.54, 1.807) is 13.0 Å². The highest BCUT2D eigenvalue weighted by atomic mass is 35.5. The third-order valence-electron chi connectivity index (χ3n) is 1.79. The van der Waals surface area contributed by atoms with Crippen LogP contribution in [0.1, 0.15) is 18.5 Å². The lowest BCUT2D eigenvalue weighted by molar-refractivity contribution is 0.164. The van der Waals surface area contributed by atoms with Crippen LogP contribution in [0.3, 0.4) is 0 Å². The molecule has 0 bridgehead atoms. The van der Waals surface area contributed by atoms with Gasteiger partial charge in [-0.1, -0.05) is 11.6 Å². The van der Waals surface area contributed by atoms with Gasteiger partial charge in [-0.3, -0.25) is 0 Å². The van der Waals surface area contributed by atoms with E-state index in [-0.39, 0.29) is 0 Å². The first kappa shape index (κ1) is 10.2. The molecule has 0 aliphatic heterocycles. The van der Waals surface area contributed by atoms with Gasteiger partial charge in [-0.25, -0.2) is 4.98 Å². The molecule has 1 rings (SSSR count). The van der Waals surface area contributed by atoms with E-state index in [9.17, 15) is 5.11 Å². The van der Waals surface area contributed by atoms with Gasteiger partial charge in [-0.05, 0) is 13.0 Å². The Hall–Kier alpha value is -0.840. The van der Waals surface area contributed by atoms with Crippen molar-refractivity contribution in [3.8, 4) is 0 Å². The van der Waals surface area contributed by atoms with Gasteiger partial charge < -0.3 is 16.6 Å². The van der Waals surface area contributed by atoms with E-state index < -0.39 is 12.1 Å². The average molecular weight is 202 g/mol. The number of aliphatic hydroxyl groups is 1. The Bertz CT molecular complexity index is 303. The molecule has 0 aliphatic rings. The van der Waals surface area contributed by atoms with Gasteiger partial charge in [0.1, 0.15) is 5.82 Å². The molecule has 0 amide bonds. The van der Waals surface area contributed by atoms with Gasteiger partial charge in [-0.15, -0.1) is 0 Å². The molecule has 72 valence electrons. The molecule has 5 heteroatoms. The standard InChI is InChI=1S/C8H12ClN3O/c1-4(13)7(10)6-2-5(9)3-12-8(6)11/h2-4,7,13H,10H2,1H3,(H2,11,12)/t4-,7+/m1/s1. The lowest BCUT2D eigenvalue weighted by atomic mass is 10.0. The molecule has 0 radical (unpaired) electrons. The Morgan fingerprint density at radius 3 is 2.77 bits per heavy atom. The molecule has 4 nitrogen and oxygen atoms in total. The molecule has 0 aromatic carbocycles. The second-order valence-electron chi connectivity index (χ2n) is 2.89. The number of anilines is 1. The molecule has 2 atom stereocenters. The number of nitrogens with zero attached hydrogens (tertiary/aromatic N) is 1. The minimum Gasteiger partial charge on any atom is -0.391 e. The topological polar surface area (TPSA) is 85.2 Å². The van der Waals surface area contributed by atoms with Crippen molar-refractivity contribution in [2.24, 2.45) is 5.73 Å². The Balaban J connectivity index is 3.05. The smallest absolute Gasteiger partial charge is 0.128 e. The number of nitrogens with two attached hydrogens (primary N) is 2. The molecule has 0 saturated heterocycles. The van der Waals surface area contributed by atoms with Crippen LogP contribution >= 0.6 is 11.6 Å². The van der Waals surface area contributed by atoms with E-state index in [0.717, 1.165) is 0 Å². The second kappa shape index (κ2) is 3.91. The number of rotatable bonds is 2. The highest BCUT2D eigenvalue weighted by Gasteiger charge is 2.15. The monoisotopic (exact) mass is 201 g/mol. The fourth-order valence-corrected chi connectivity index (χ4v) is 1.16. The molecular formula is C8H12ClN3O. The van der Waals surface area contributed by atoms with Gasteiger partial charge in [0.2, 0.25) is 0 Å². The highest BCUT2D eigenvalue weighted by Crippen LogP contribution is 2.22. The first-order valence-electron chi connectivity index (χ1n) is 3.87. The third kappa shape index (κ3) is 2.30. The van der Waals surface area contributed by atoms with Gasteiger partial charge >= 0.3 is 0 Å². The first-order valence-corrected chi connectivity index (χ1v) is 4.24. The van der Waals surface area contributed by atoms with E-state index in [1.165, 1.54) is 6.20 Å². The maximum absolute atomic E-state index is 9.24.